The molecule has 132 valence electrons. The van der Waals surface area contributed by atoms with Crippen molar-refractivity contribution in [3.05, 3.63) is 83.6 Å². The van der Waals surface area contributed by atoms with E-state index in [1.165, 1.54) is 24.4 Å². The van der Waals surface area contributed by atoms with Gasteiger partial charge in [0.25, 0.3) is 5.91 Å². The Kier molecular flexibility index (Phi) is 5.07. The van der Waals surface area contributed by atoms with Crippen LogP contribution < -0.4 is 10.1 Å². The Labute approximate surface area is 147 Å². The first kappa shape index (κ1) is 17.3. The number of aromatic nitrogens is 1. The number of phenols is 1. The molecule has 0 aliphatic rings. The van der Waals surface area contributed by atoms with Crippen molar-refractivity contribution in [2.75, 3.05) is 5.32 Å². The molecule has 0 bridgehead atoms. The maximum absolute atomic E-state index is 13.7. The lowest BCUT2D eigenvalue weighted by Gasteiger charge is -2.11. The Bertz CT molecular complexity index is 948. The van der Waals surface area contributed by atoms with Crippen LogP contribution in [-0.4, -0.2) is 16.0 Å². The highest BCUT2D eigenvalue weighted by Crippen LogP contribution is 2.22. The first-order chi connectivity index (χ1) is 12.5. The molecule has 0 atom stereocenters. The van der Waals surface area contributed by atoms with E-state index in [1.54, 1.807) is 24.3 Å². The lowest BCUT2D eigenvalue weighted by atomic mass is 10.2. The summed E-state index contributed by atoms with van der Waals surface area (Å²) in [5.74, 6) is -2.33. The molecule has 0 saturated heterocycles. The quantitative estimate of drug-likeness (QED) is 0.727. The van der Waals surface area contributed by atoms with Crippen molar-refractivity contribution in [1.82, 2.24) is 4.98 Å². The number of carbonyl (C=O) groups is 1. The van der Waals surface area contributed by atoms with Gasteiger partial charge in [-0.15, -0.1) is 0 Å². The lowest BCUT2D eigenvalue weighted by molar-refractivity contribution is 0.102. The van der Waals surface area contributed by atoms with Crippen molar-refractivity contribution in [1.29, 1.82) is 0 Å². The molecule has 26 heavy (non-hydrogen) atoms. The predicted octanol–water partition coefficient (Wildman–Crippen LogP) is 3.90. The van der Waals surface area contributed by atoms with Gasteiger partial charge in [-0.05, 0) is 30.3 Å². The molecular formula is C19H14F2N2O3. The zero-order valence-corrected chi connectivity index (χ0v) is 13.4. The van der Waals surface area contributed by atoms with Crippen LogP contribution in [0.4, 0.5) is 14.5 Å². The summed E-state index contributed by atoms with van der Waals surface area (Å²) >= 11 is 0. The molecule has 2 aromatic carbocycles. The van der Waals surface area contributed by atoms with Gasteiger partial charge in [-0.3, -0.25) is 4.79 Å². The lowest BCUT2D eigenvalue weighted by Crippen LogP contribution is -2.14. The van der Waals surface area contributed by atoms with Crippen LogP contribution >= 0.6 is 0 Å². The molecule has 5 nitrogen and oxygen atoms in total. The molecule has 0 saturated carbocycles. The van der Waals surface area contributed by atoms with Gasteiger partial charge in [-0.1, -0.05) is 18.2 Å². The molecular weight excluding hydrogens is 342 g/mol. The van der Waals surface area contributed by atoms with Crippen molar-refractivity contribution in [3.8, 4) is 11.6 Å². The number of aromatic hydroxyl groups is 1. The van der Waals surface area contributed by atoms with Crippen LogP contribution in [-0.2, 0) is 6.61 Å². The van der Waals surface area contributed by atoms with E-state index in [0.717, 1.165) is 12.1 Å². The number of rotatable bonds is 5. The van der Waals surface area contributed by atoms with Crippen LogP contribution in [0.25, 0.3) is 0 Å². The number of nitrogens with zero attached hydrogens (tertiary/aromatic N) is 1. The van der Waals surface area contributed by atoms with Gasteiger partial charge in [0.05, 0.1) is 0 Å². The number of ether oxygens (including phenoxy) is 1. The fourth-order valence-electron chi connectivity index (χ4n) is 2.23. The SMILES string of the molecule is O=C(Nc1ccc(F)c(O)c1)c1cccnc1OCc1ccccc1F. The van der Waals surface area contributed by atoms with Crippen molar-refractivity contribution >= 4 is 11.6 Å². The molecule has 0 unspecified atom stereocenters. The maximum Gasteiger partial charge on any atom is 0.261 e. The minimum absolute atomic E-state index is 0.0274. The Morgan fingerprint density at radius 1 is 1.08 bits per heavy atom. The van der Waals surface area contributed by atoms with Crippen LogP contribution in [0.3, 0.4) is 0 Å². The van der Waals surface area contributed by atoms with E-state index < -0.39 is 23.3 Å². The predicted molar refractivity (Wildman–Crippen MR) is 91.0 cm³/mol. The Balaban J connectivity index is 1.76. The van der Waals surface area contributed by atoms with Crippen LogP contribution in [0.1, 0.15) is 15.9 Å². The normalized spacial score (nSPS) is 10.4. The molecule has 1 heterocycles. The number of pyridine rings is 1. The largest absolute Gasteiger partial charge is 0.505 e. The number of amides is 1. The average molecular weight is 356 g/mol. The number of halogens is 2. The third kappa shape index (κ3) is 3.94. The van der Waals surface area contributed by atoms with Crippen molar-refractivity contribution in [2.45, 2.75) is 6.61 Å². The number of nitrogens with one attached hydrogen (secondary N) is 1. The average Bonchev–Trinajstić information content (AvgIpc) is 2.64. The molecule has 2 N–H and O–H groups in total. The summed E-state index contributed by atoms with van der Waals surface area (Å²) in [7, 11) is 0. The fourth-order valence-corrected chi connectivity index (χ4v) is 2.23. The molecule has 1 aromatic heterocycles. The van der Waals surface area contributed by atoms with Gasteiger partial charge in [-0.25, -0.2) is 13.8 Å². The van der Waals surface area contributed by atoms with Gasteiger partial charge >= 0.3 is 0 Å². The summed E-state index contributed by atoms with van der Waals surface area (Å²) in [5, 5.41) is 11.9. The number of phenolic OH excluding ortho intramolecular Hbond substituents is 1. The summed E-state index contributed by atoms with van der Waals surface area (Å²) in [5.41, 5.74) is 0.651. The second kappa shape index (κ2) is 7.60. The third-order valence-corrected chi connectivity index (χ3v) is 3.54. The second-order valence-corrected chi connectivity index (χ2v) is 5.36. The van der Waals surface area contributed by atoms with Gasteiger partial charge < -0.3 is 15.2 Å². The smallest absolute Gasteiger partial charge is 0.261 e. The summed E-state index contributed by atoms with van der Waals surface area (Å²) in [6, 6.07) is 12.6. The Hall–Kier alpha value is -3.48. The molecule has 0 fully saturated rings. The molecule has 1 amide bonds. The zero-order chi connectivity index (χ0) is 18.5. The van der Waals surface area contributed by atoms with Crippen molar-refractivity contribution in [3.63, 3.8) is 0 Å². The Morgan fingerprint density at radius 3 is 2.65 bits per heavy atom. The Morgan fingerprint density at radius 2 is 1.88 bits per heavy atom. The highest BCUT2D eigenvalue weighted by atomic mass is 19.1. The van der Waals surface area contributed by atoms with E-state index in [9.17, 15) is 18.7 Å². The minimum Gasteiger partial charge on any atom is -0.505 e. The number of hydrogen-bond donors (Lipinski definition) is 2. The van der Waals surface area contributed by atoms with E-state index in [1.807, 2.05) is 0 Å². The van der Waals surface area contributed by atoms with E-state index >= 15 is 0 Å². The zero-order valence-electron chi connectivity index (χ0n) is 13.4. The fraction of sp³-hybridized carbons (Fsp3) is 0.0526. The summed E-state index contributed by atoms with van der Waals surface area (Å²) in [6.45, 7) is -0.0959. The topological polar surface area (TPSA) is 71.5 Å². The van der Waals surface area contributed by atoms with E-state index in [2.05, 4.69) is 10.3 Å². The molecule has 7 heteroatoms. The molecule has 0 spiro atoms. The standard InChI is InChI=1S/C19H14F2N2O3/c20-15-6-2-1-4-12(15)11-26-19-14(5-3-9-22-19)18(25)23-13-7-8-16(21)17(24)10-13/h1-10,24H,11H2,(H,23,25). The van der Waals surface area contributed by atoms with Gasteiger partial charge in [0.15, 0.2) is 11.6 Å². The summed E-state index contributed by atoms with van der Waals surface area (Å²) < 4.78 is 32.3. The van der Waals surface area contributed by atoms with Crippen LogP contribution in [0, 0.1) is 11.6 Å². The number of carbonyl (C=O) groups excluding carboxylic acids is 1. The first-order valence-electron chi connectivity index (χ1n) is 7.65. The first-order valence-corrected chi connectivity index (χ1v) is 7.65. The van der Waals surface area contributed by atoms with Crippen molar-refractivity contribution in [2.24, 2.45) is 0 Å². The monoisotopic (exact) mass is 356 g/mol. The van der Waals surface area contributed by atoms with Crippen LogP contribution in [0.5, 0.6) is 11.6 Å². The third-order valence-electron chi connectivity index (χ3n) is 3.54. The molecule has 0 aliphatic carbocycles. The van der Waals surface area contributed by atoms with Gasteiger partial charge in [0, 0.05) is 23.5 Å². The van der Waals surface area contributed by atoms with Crippen LogP contribution in [0.15, 0.2) is 60.8 Å². The second-order valence-electron chi connectivity index (χ2n) is 5.36. The highest BCUT2D eigenvalue weighted by molar-refractivity contribution is 6.05. The van der Waals surface area contributed by atoms with Gasteiger partial charge in [0.2, 0.25) is 5.88 Å². The maximum atomic E-state index is 13.7. The molecule has 0 aliphatic heterocycles. The minimum atomic E-state index is -0.793. The molecule has 0 radical (unpaired) electrons. The number of hydrogen-bond acceptors (Lipinski definition) is 4. The highest BCUT2D eigenvalue weighted by Gasteiger charge is 2.15. The summed E-state index contributed by atoms with van der Waals surface area (Å²) in [4.78, 5) is 16.4. The molecule has 3 rings (SSSR count). The van der Waals surface area contributed by atoms with E-state index in [-0.39, 0.29) is 23.7 Å². The molecule has 3 aromatic rings. The number of benzene rings is 2. The summed E-state index contributed by atoms with van der Waals surface area (Å²) in [6.07, 6.45) is 1.44. The van der Waals surface area contributed by atoms with Gasteiger partial charge in [0.1, 0.15) is 18.0 Å². The number of anilines is 1. The van der Waals surface area contributed by atoms with E-state index in [4.69, 9.17) is 4.74 Å². The van der Waals surface area contributed by atoms with Crippen LogP contribution in [0.2, 0.25) is 0 Å². The van der Waals surface area contributed by atoms with Gasteiger partial charge in [-0.2, -0.15) is 0 Å². The van der Waals surface area contributed by atoms with E-state index in [0.29, 0.717) is 5.56 Å². The van der Waals surface area contributed by atoms with Crippen molar-refractivity contribution < 1.29 is 23.4 Å².